The number of hydrogen-bond acceptors (Lipinski definition) is 4. The van der Waals surface area contributed by atoms with E-state index in [4.69, 9.17) is 16.0 Å². The Balaban J connectivity index is 2.05. The third kappa shape index (κ3) is 2.73. The van der Waals surface area contributed by atoms with E-state index in [1.807, 2.05) is 24.3 Å². The third-order valence-corrected chi connectivity index (χ3v) is 2.82. The number of hydrogen-bond donors (Lipinski definition) is 0. The summed E-state index contributed by atoms with van der Waals surface area (Å²) in [6, 6.07) is 7.54. The highest BCUT2D eigenvalue weighted by Crippen LogP contribution is 2.23. The van der Waals surface area contributed by atoms with E-state index in [0.717, 1.165) is 11.1 Å². The monoisotopic (exact) mass is 241 g/mol. The molecule has 1 heterocycles. The van der Waals surface area contributed by atoms with Gasteiger partial charge in [0.25, 0.3) is 5.22 Å². The van der Waals surface area contributed by atoms with Crippen molar-refractivity contribution in [2.45, 2.75) is 11.6 Å². The van der Waals surface area contributed by atoms with Crippen LogP contribution in [0, 0.1) is 0 Å². The first-order chi connectivity index (χ1) is 7.25. The number of benzene rings is 1. The van der Waals surface area contributed by atoms with Crippen LogP contribution in [0.5, 0.6) is 0 Å². The van der Waals surface area contributed by atoms with Gasteiger partial charge in [0.05, 0.1) is 0 Å². The molecule has 0 saturated carbocycles. The average Bonchev–Trinajstić information content (AvgIpc) is 2.59. The van der Waals surface area contributed by atoms with Gasteiger partial charge in [-0.05, 0) is 23.7 Å². The molecule has 15 heavy (non-hydrogen) atoms. The Kier molecular flexibility index (Phi) is 3.28. The van der Waals surface area contributed by atoms with Crippen LogP contribution in [-0.4, -0.2) is 16.0 Å². The number of nitrogens with zero attached hydrogens (tertiary/aromatic N) is 1. The molecule has 0 spiro atoms. The smallest absolute Gasteiger partial charge is 0.256 e. The number of fused-ring (bicyclic) bond motifs is 1. The van der Waals surface area contributed by atoms with Crippen molar-refractivity contribution < 1.29 is 9.21 Å². The first-order valence-electron chi connectivity index (χ1n) is 4.42. The Bertz CT molecular complexity index is 450. The molecule has 0 amide bonds. The summed E-state index contributed by atoms with van der Waals surface area (Å²) < 4.78 is 5.45. The van der Waals surface area contributed by atoms with Crippen LogP contribution < -0.4 is 0 Å². The number of para-hydroxylation sites is 2. The fourth-order valence-electron chi connectivity index (χ4n) is 1.13. The van der Waals surface area contributed by atoms with Gasteiger partial charge in [-0.1, -0.05) is 23.9 Å². The van der Waals surface area contributed by atoms with Gasteiger partial charge in [0.15, 0.2) is 5.58 Å². The lowest BCUT2D eigenvalue weighted by Crippen LogP contribution is -1.88. The SMILES string of the molecule is O=C(Cl)CCSc1nc2ccccc2o1. The minimum atomic E-state index is -0.335. The van der Waals surface area contributed by atoms with Gasteiger partial charge < -0.3 is 4.42 Å². The first-order valence-corrected chi connectivity index (χ1v) is 5.79. The van der Waals surface area contributed by atoms with Crippen molar-refractivity contribution in [2.75, 3.05) is 5.75 Å². The number of aromatic nitrogens is 1. The van der Waals surface area contributed by atoms with Crippen LogP contribution in [0.4, 0.5) is 0 Å². The second-order valence-corrected chi connectivity index (χ2v) is 4.37. The molecule has 0 radical (unpaired) electrons. The van der Waals surface area contributed by atoms with Crippen molar-refractivity contribution in [1.29, 1.82) is 0 Å². The maximum Gasteiger partial charge on any atom is 0.256 e. The van der Waals surface area contributed by atoms with E-state index in [9.17, 15) is 4.79 Å². The van der Waals surface area contributed by atoms with E-state index < -0.39 is 0 Å². The highest BCUT2D eigenvalue weighted by atomic mass is 35.5. The Morgan fingerprint density at radius 2 is 2.27 bits per heavy atom. The summed E-state index contributed by atoms with van der Waals surface area (Å²) in [6.45, 7) is 0. The van der Waals surface area contributed by atoms with Crippen LogP contribution in [0.3, 0.4) is 0 Å². The molecule has 78 valence electrons. The number of carbonyl (C=O) groups excluding carboxylic acids is 1. The highest BCUT2D eigenvalue weighted by Gasteiger charge is 2.05. The highest BCUT2D eigenvalue weighted by molar-refractivity contribution is 7.99. The van der Waals surface area contributed by atoms with Gasteiger partial charge in [-0.25, -0.2) is 4.98 Å². The second kappa shape index (κ2) is 4.68. The summed E-state index contributed by atoms with van der Waals surface area (Å²) in [5.41, 5.74) is 1.59. The molecule has 3 nitrogen and oxygen atoms in total. The van der Waals surface area contributed by atoms with Crippen molar-refractivity contribution in [2.24, 2.45) is 0 Å². The van der Waals surface area contributed by atoms with Gasteiger partial charge in [-0.2, -0.15) is 0 Å². The lowest BCUT2D eigenvalue weighted by Gasteiger charge is -1.90. The Labute approximate surface area is 95.8 Å². The van der Waals surface area contributed by atoms with Crippen LogP contribution in [-0.2, 0) is 4.79 Å². The zero-order valence-corrected chi connectivity index (χ0v) is 9.35. The zero-order chi connectivity index (χ0) is 10.7. The van der Waals surface area contributed by atoms with Gasteiger partial charge in [0.2, 0.25) is 5.24 Å². The lowest BCUT2D eigenvalue weighted by atomic mass is 10.3. The molecule has 1 aromatic carbocycles. The minimum absolute atomic E-state index is 0.324. The quantitative estimate of drug-likeness (QED) is 0.610. The Morgan fingerprint density at radius 1 is 1.47 bits per heavy atom. The Morgan fingerprint density at radius 3 is 3.00 bits per heavy atom. The summed E-state index contributed by atoms with van der Waals surface area (Å²) in [4.78, 5) is 14.8. The molecular formula is C10H8ClNO2S. The maximum atomic E-state index is 10.5. The van der Waals surface area contributed by atoms with E-state index in [-0.39, 0.29) is 5.24 Å². The van der Waals surface area contributed by atoms with Gasteiger partial charge in [0.1, 0.15) is 5.52 Å². The van der Waals surface area contributed by atoms with Gasteiger partial charge in [-0.3, -0.25) is 4.79 Å². The summed E-state index contributed by atoms with van der Waals surface area (Å²) in [5, 5.41) is 0.243. The number of halogens is 1. The summed E-state index contributed by atoms with van der Waals surface area (Å²) in [7, 11) is 0. The molecule has 0 unspecified atom stereocenters. The predicted octanol–water partition coefficient (Wildman–Crippen LogP) is 3.08. The molecule has 0 aliphatic carbocycles. The van der Waals surface area contributed by atoms with E-state index >= 15 is 0 Å². The van der Waals surface area contributed by atoms with Crippen molar-refractivity contribution >= 4 is 39.7 Å². The van der Waals surface area contributed by atoms with E-state index in [1.165, 1.54) is 11.8 Å². The number of thioether (sulfide) groups is 1. The minimum Gasteiger partial charge on any atom is -0.431 e. The number of carbonyl (C=O) groups is 1. The molecular weight excluding hydrogens is 234 g/mol. The molecule has 0 bridgehead atoms. The summed E-state index contributed by atoms with van der Waals surface area (Å²) in [5.74, 6) is 0.592. The Hall–Kier alpha value is -1.00. The van der Waals surface area contributed by atoms with Crippen molar-refractivity contribution in [3.8, 4) is 0 Å². The van der Waals surface area contributed by atoms with Crippen molar-refractivity contribution in [1.82, 2.24) is 4.98 Å². The fraction of sp³-hybridized carbons (Fsp3) is 0.200. The molecule has 2 rings (SSSR count). The van der Waals surface area contributed by atoms with Gasteiger partial charge in [-0.15, -0.1) is 0 Å². The normalized spacial score (nSPS) is 10.7. The van der Waals surface area contributed by atoms with Crippen LogP contribution in [0.15, 0.2) is 33.9 Å². The number of rotatable bonds is 4. The summed E-state index contributed by atoms with van der Waals surface area (Å²) in [6.07, 6.45) is 0.324. The molecule has 0 aliphatic heterocycles. The van der Waals surface area contributed by atoms with Crippen LogP contribution >= 0.6 is 23.4 Å². The van der Waals surface area contributed by atoms with E-state index in [0.29, 0.717) is 17.4 Å². The first kappa shape index (κ1) is 10.5. The summed E-state index contributed by atoms with van der Waals surface area (Å²) >= 11 is 6.61. The average molecular weight is 242 g/mol. The molecule has 0 saturated heterocycles. The zero-order valence-electron chi connectivity index (χ0n) is 7.77. The number of oxazole rings is 1. The largest absolute Gasteiger partial charge is 0.431 e. The molecule has 0 fully saturated rings. The molecule has 5 heteroatoms. The molecule has 0 N–H and O–H groups in total. The topological polar surface area (TPSA) is 43.1 Å². The molecule has 0 atom stereocenters. The molecule has 2 aromatic rings. The molecule has 1 aromatic heterocycles. The van der Waals surface area contributed by atoms with E-state index in [2.05, 4.69) is 4.98 Å². The standard InChI is InChI=1S/C10H8ClNO2S/c11-9(13)5-6-15-10-12-7-3-1-2-4-8(7)14-10/h1-4H,5-6H2. The van der Waals surface area contributed by atoms with E-state index in [1.54, 1.807) is 0 Å². The fourth-order valence-corrected chi connectivity index (χ4v) is 2.11. The second-order valence-electron chi connectivity index (χ2n) is 2.90. The predicted molar refractivity (Wildman–Crippen MR) is 60.2 cm³/mol. The van der Waals surface area contributed by atoms with Crippen molar-refractivity contribution in [3.63, 3.8) is 0 Å². The van der Waals surface area contributed by atoms with Crippen molar-refractivity contribution in [3.05, 3.63) is 24.3 Å². The molecule has 0 aliphatic rings. The van der Waals surface area contributed by atoms with Crippen LogP contribution in [0.1, 0.15) is 6.42 Å². The third-order valence-electron chi connectivity index (χ3n) is 1.80. The maximum absolute atomic E-state index is 10.5. The van der Waals surface area contributed by atoms with Crippen LogP contribution in [0.25, 0.3) is 11.1 Å². The van der Waals surface area contributed by atoms with Crippen LogP contribution in [0.2, 0.25) is 0 Å². The van der Waals surface area contributed by atoms with Gasteiger partial charge >= 0.3 is 0 Å². The lowest BCUT2D eigenvalue weighted by molar-refractivity contribution is -0.111. The van der Waals surface area contributed by atoms with Gasteiger partial charge in [0, 0.05) is 12.2 Å².